The van der Waals surface area contributed by atoms with Gasteiger partial charge in [0, 0.05) is 30.2 Å². The highest BCUT2D eigenvalue weighted by molar-refractivity contribution is 6.06. The van der Waals surface area contributed by atoms with Crippen LogP contribution in [0.2, 0.25) is 0 Å². The minimum Gasteiger partial charge on any atom is -0.381 e. The molecule has 0 spiro atoms. The van der Waals surface area contributed by atoms with Crippen molar-refractivity contribution >= 4 is 17.3 Å². The predicted octanol–water partition coefficient (Wildman–Crippen LogP) is 4.29. The molecule has 0 saturated heterocycles. The second kappa shape index (κ2) is 7.00. The molecule has 1 N–H and O–H groups in total. The Balaban J connectivity index is 1.54. The Morgan fingerprint density at radius 1 is 1.12 bits per heavy atom. The van der Waals surface area contributed by atoms with E-state index >= 15 is 0 Å². The highest BCUT2D eigenvalue weighted by Crippen LogP contribution is 2.33. The van der Waals surface area contributed by atoms with Crippen molar-refractivity contribution in [2.24, 2.45) is 0 Å². The average Bonchev–Trinajstić information content (AvgIpc) is 3.02. The zero-order valence-electron chi connectivity index (χ0n) is 14.7. The third-order valence-electron chi connectivity index (χ3n) is 4.74. The zero-order valence-corrected chi connectivity index (χ0v) is 14.7. The van der Waals surface area contributed by atoms with Gasteiger partial charge < -0.3 is 10.2 Å². The number of pyridine rings is 1. The summed E-state index contributed by atoms with van der Waals surface area (Å²) in [5, 5.41) is 3.37. The minimum atomic E-state index is -0.0502. The third-order valence-corrected chi connectivity index (χ3v) is 4.74. The van der Waals surface area contributed by atoms with Gasteiger partial charge in [0.25, 0.3) is 5.91 Å². The van der Waals surface area contributed by atoms with Crippen LogP contribution in [0.25, 0.3) is 0 Å². The molecule has 26 heavy (non-hydrogen) atoms. The molecule has 1 atom stereocenters. The van der Waals surface area contributed by atoms with E-state index in [0.29, 0.717) is 12.2 Å². The number of hydrogen-bond acceptors (Lipinski definition) is 3. The lowest BCUT2D eigenvalue weighted by molar-refractivity contribution is 0.0976. The summed E-state index contributed by atoms with van der Waals surface area (Å²) >= 11 is 0. The molecule has 0 fully saturated rings. The summed E-state index contributed by atoms with van der Waals surface area (Å²) < 4.78 is 0. The molecule has 1 aromatic heterocycles. The lowest BCUT2D eigenvalue weighted by atomic mass is 10.1. The van der Waals surface area contributed by atoms with Crippen molar-refractivity contribution < 1.29 is 4.79 Å². The molecular weight excluding hydrogens is 322 g/mol. The van der Waals surface area contributed by atoms with E-state index in [1.807, 2.05) is 53.4 Å². The zero-order chi connectivity index (χ0) is 17.9. The standard InChI is InChI=1S/C22H21N3O/c1-16-13-18-9-5-6-10-21(18)25(16)22(26)20-14-19(11-12-23-20)24-15-17-7-3-2-4-8-17/h2-12,14,16H,13,15H2,1H3,(H,23,24). The number of nitrogens with zero attached hydrogens (tertiary/aromatic N) is 2. The van der Waals surface area contributed by atoms with Crippen molar-refractivity contribution in [1.29, 1.82) is 0 Å². The fourth-order valence-electron chi connectivity index (χ4n) is 3.46. The number of aromatic nitrogens is 1. The van der Waals surface area contributed by atoms with Gasteiger partial charge >= 0.3 is 0 Å². The number of hydrogen-bond donors (Lipinski definition) is 1. The Bertz CT molecular complexity index is 923. The topological polar surface area (TPSA) is 45.2 Å². The van der Waals surface area contributed by atoms with Crippen molar-refractivity contribution in [1.82, 2.24) is 4.98 Å². The van der Waals surface area contributed by atoms with Gasteiger partial charge in [0.05, 0.1) is 0 Å². The Morgan fingerprint density at radius 3 is 2.73 bits per heavy atom. The molecule has 2 heterocycles. The maximum Gasteiger partial charge on any atom is 0.277 e. The van der Waals surface area contributed by atoms with Gasteiger partial charge in [-0.3, -0.25) is 9.78 Å². The summed E-state index contributed by atoms with van der Waals surface area (Å²) in [6.45, 7) is 2.79. The van der Waals surface area contributed by atoms with Gasteiger partial charge in [-0.1, -0.05) is 48.5 Å². The Morgan fingerprint density at radius 2 is 1.88 bits per heavy atom. The molecule has 0 radical (unpaired) electrons. The van der Waals surface area contributed by atoms with Crippen molar-refractivity contribution in [3.8, 4) is 0 Å². The smallest absolute Gasteiger partial charge is 0.277 e. The van der Waals surface area contributed by atoms with Crippen molar-refractivity contribution in [2.45, 2.75) is 25.9 Å². The first kappa shape index (κ1) is 16.3. The van der Waals surface area contributed by atoms with Crippen LogP contribution in [0.1, 0.15) is 28.5 Å². The summed E-state index contributed by atoms with van der Waals surface area (Å²) in [7, 11) is 0. The number of anilines is 2. The molecule has 0 saturated carbocycles. The van der Waals surface area contributed by atoms with E-state index in [1.54, 1.807) is 6.20 Å². The minimum absolute atomic E-state index is 0.0502. The lowest BCUT2D eigenvalue weighted by Gasteiger charge is -2.22. The summed E-state index contributed by atoms with van der Waals surface area (Å²) in [5.41, 5.74) is 4.76. The lowest BCUT2D eigenvalue weighted by Crippen LogP contribution is -2.36. The first-order valence-corrected chi connectivity index (χ1v) is 8.87. The van der Waals surface area contributed by atoms with E-state index in [2.05, 4.69) is 35.4 Å². The van der Waals surface area contributed by atoms with E-state index in [-0.39, 0.29) is 11.9 Å². The van der Waals surface area contributed by atoms with Crippen LogP contribution >= 0.6 is 0 Å². The van der Waals surface area contributed by atoms with Gasteiger partial charge in [-0.25, -0.2) is 0 Å². The van der Waals surface area contributed by atoms with E-state index in [9.17, 15) is 4.79 Å². The van der Waals surface area contributed by atoms with Gasteiger partial charge in [-0.05, 0) is 42.7 Å². The number of amides is 1. The number of rotatable bonds is 4. The van der Waals surface area contributed by atoms with Crippen molar-refractivity contribution in [3.05, 3.63) is 89.7 Å². The number of fused-ring (bicyclic) bond motifs is 1. The monoisotopic (exact) mass is 343 g/mol. The molecule has 0 aliphatic carbocycles. The van der Waals surface area contributed by atoms with Crippen LogP contribution < -0.4 is 10.2 Å². The number of benzene rings is 2. The van der Waals surface area contributed by atoms with Crippen LogP contribution in [0.4, 0.5) is 11.4 Å². The van der Waals surface area contributed by atoms with Gasteiger partial charge in [0.15, 0.2) is 0 Å². The molecule has 1 aliphatic heterocycles. The van der Waals surface area contributed by atoms with Gasteiger partial charge in [-0.2, -0.15) is 0 Å². The summed E-state index contributed by atoms with van der Waals surface area (Å²) in [5.74, 6) is -0.0502. The van der Waals surface area contributed by atoms with E-state index in [1.165, 1.54) is 11.1 Å². The van der Waals surface area contributed by atoms with Crippen LogP contribution in [0.15, 0.2) is 72.9 Å². The van der Waals surface area contributed by atoms with Crippen LogP contribution in [0.3, 0.4) is 0 Å². The summed E-state index contributed by atoms with van der Waals surface area (Å²) in [4.78, 5) is 19.3. The van der Waals surface area contributed by atoms with Crippen LogP contribution in [-0.2, 0) is 13.0 Å². The first-order valence-electron chi connectivity index (χ1n) is 8.87. The Kier molecular flexibility index (Phi) is 4.40. The van der Waals surface area contributed by atoms with E-state index in [4.69, 9.17) is 0 Å². The van der Waals surface area contributed by atoms with Crippen LogP contribution in [0.5, 0.6) is 0 Å². The number of carbonyl (C=O) groups excluding carboxylic acids is 1. The fourth-order valence-corrected chi connectivity index (χ4v) is 3.46. The number of carbonyl (C=O) groups is 1. The average molecular weight is 343 g/mol. The predicted molar refractivity (Wildman–Crippen MR) is 104 cm³/mol. The Hall–Kier alpha value is -3.14. The van der Waals surface area contributed by atoms with Crippen LogP contribution in [-0.4, -0.2) is 16.9 Å². The molecule has 0 bridgehead atoms. The maximum absolute atomic E-state index is 13.1. The molecule has 1 unspecified atom stereocenters. The molecular formula is C22H21N3O. The molecule has 4 heteroatoms. The molecule has 130 valence electrons. The third kappa shape index (κ3) is 3.18. The largest absolute Gasteiger partial charge is 0.381 e. The van der Waals surface area contributed by atoms with Gasteiger partial charge in [-0.15, -0.1) is 0 Å². The molecule has 4 nitrogen and oxygen atoms in total. The van der Waals surface area contributed by atoms with Gasteiger partial charge in [0.1, 0.15) is 5.69 Å². The molecule has 1 aliphatic rings. The molecule has 1 amide bonds. The highest BCUT2D eigenvalue weighted by atomic mass is 16.2. The van der Waals surface area contributed by atoms with Crippen LogP contribution in [0, 0.1) is 0 Å². The normalized spacial score (nSPS) is 15.6. The second-order valence-electron chi connectivity index (χ2n) is 6.63. The fraction of sp³-hybridized carbons (Fsp3) is 0.182. The van der Waals surface area contributed by atoms with E-state index < -0.39 is 0 Å². The number of para-hydroxylation sites is 1. The maximum atomic E-state index is 13.1. The van der Waals surface area contributed by atoms with E-state index in [0.717, 1.165) is 17.8 Å². The van der Waals surface area contributed by atoms with Crippen molar-refractivity contribution in [3.63, 3.8) is 0 Å². The first-order chi connectivity index (χ1) is 12.7. The Labute approximate surface area is 153 Å². The molecule has 2 aromatic carbocycles. The highest BCUT2D eigenvalue weighted by Gasteiger charge is 2.31. The SMILES string of the molecule is CC1Cc2ccccc2N1C(=O)c1cc(NCc2ccccc2)ccn1. The quantitative estimate of drug-likeness (QED) is 0.769. The molecule has 3 aromatic rings. The molecule has 4 rings (SSSR count). The summed E-state index contributed by atoms with van der Waals surface area (Å²) in [6, 6.07) is 22.1. The van der Waals surface area contributed by atoms with Gasteiger partial charge in [0.2, 0.25) is 0 Å². The van der Waals surface area contributed by atoms with Crippen molar-refractivity contribution in [2.75, 3.05) is 10.2 Å². The summed E-state index contributed by atoms with van der Waals surface area (Å²) in [6.07, 6.45) is 2.57. The second-order valence-corrected chi connectivity index (χ2v) is 6.63. The number of nitrogens with one attached hydrogen (secondary N) is 1.